The Balaban J connectivity index is 2.44. The zero-order valence-electron chi connectivity index (χ0n) is 8.82. The summed E-state index contributed by atoms with van der Waals surface area (Å²) < 4.78 is 0. The van der Waals surface area contributed by atoms with E-state index in [0.717, 1.165) is 0 Å². The van der Waals surface area contributed by atoms with Crippen LogP contribution in [0.15, 0.2) is 12.1 Å². The van der Waals surface area contributed by atoms with Gasteiger partial charge in [0.05, 0.1) is 17.9 Å². The van der Waals surface area contributed by atoms with Crippen LogP contribution in [0.25, 0.3) is 0 Å². The smallest absolute Gasteiger partial charge is 0.292 e. The monoisotopic (exact) mass is 231 g/mol. The summed E-state index contributed by atoms with van der Waals surface area (Å²) in [5, 5.41) is 16.3. The highest BCUT2D eigenvalue weighted by Crippen LogP contribution is 2.34. The highest BCUT2D eigenvalue weighted by atomic mass is 16.6. The van der Waals surface area contributed by atoms with Crippen LogP contribution in [0.3, 0.4) is 0 Å². The van der Waals surface area contributed by atoms with Crippen LogP contribution in [0.2, 0.25) is 0 Å². The number of anilines is 2. The Kier molecular flexibility index (Phi) is 2.66. The minimum Gasteiger partial charge on any atom is -0.369 e. The number of nitro groups is 1. The summed E-state index contributed by atoms with van der Waals surface area (Å²) in [4.78, 5) is 21.5. The molecule has 0 spiro atoms. The second-order valence-electron chi connectivity index (χ2n) is 3.57. The predicted molar refractivity (Wildman–Crippen MR) is 62.8 cm³/mol. The second kappa shape index (κ2) is 4.14. The third kappa shape index (κ3) is 2.03. The van der Waals surface area contributed by atoms with Crippen molar-refractivity contribution in [3.8, 4) is 12.3 Å². The average Bonchev–Trinajstić information content (AvgIpc) is 2.63. The highest BCUT2D eigenvalue weighted by Gasteiger charge is 2.24. The number of hydrogen-bond acceptors (Lipinski definition) is 4. The number of benzene rings is 1. The van der Waals surface area contributed by atoms with Crippen molar-refractivity contribution in [1.29, 1.82) is 0 Å². The summed E-state index contributed by atoms with van der Waals surface area (Å²) in [6.45, 7) is 0.188. The molecule has 1 heterocycles. The number of nitrogens with one attached hydrogen (secondary N) is 2. The van der Waals surface area contributed by atoms with Crippen LogP contribution in [-0.4, -0.2) is 17.4 Å². The van der Waals surface area contributed by atoms with Crippen molar-refractivity contribution in [2.24, 2.45) is 0 Å². The van der Waals surface area contributed by atoms with Gasteiger partial charge < -0.3 is 10.6 Å². The largest absolute Gasteiger partial charge is 0.369 e. The van der Waals surface area contributed by atoms with Crippen LogP contribution in [-0.2, 0) is 11.2 Å². The molecule has 0 saturated carbocycles. The lowest BCUT2D eigenvalue weighted by atomic mass is 10.1. The number of fused-ring (bicyclic) bond motifs is 1. The van der Waals surface area contributed by atoms with Gasteiger partial charge in [0, 0.05) is 11.8 Å². The topological polar surface area (TPSA) is 84.3 Å². The molecule has 0 saturated heterocycles. The average molecular weight is 231 g/mol. The van der Waals surface area contributed by atoms with E-state index in [0.29, 0.717) is 16.9 Å². The van der Waals surface area contributed by atoms with Crippen molar-refractivity contribution in [3.05, 3.63) is 27.8 Å². The first-order chi connectivity index (χ1) is 8.11. The van der Waals surface area contributed by atoms with Gasteiger partial charge in [-0.25, -0.2) is 0 Å². The zero-order chi connectivity index (χ0) is 12.4. The van der Waals surface area contributed by atoms with E-state index in [1.807, 2.05) is 0 Å². The van der Waals surface area contributed by atoms with Crippen LogP contribution in [0.4, 0.5) is 17.1 Å². The van der Waals surface area contributed by atoms with Crippen molar-refractivity contribution in [2.45, 2.75) is 6.42 Å². The molecule has 0 aromatic heterocycles. The lowest BCUT2D eigenvalue weighted by molar-refractivity contribution is -0.384. The van der Waals surface area contributed by atoms with Gasteiger partial charge in [0.1, 0.15) is 5.69 Å². The molecule has 1 aromatic rings. The molecular formula is C11H9N3O3. The van der Waals surface area contributed by atoms with E-state index in [1.54, 1.807) is 0 Å². The molecule has 1 aliphatic rings. The minimum absolute atomic E-state index is 0.0736. The molecule has 2 rings (SSSR count). The van der Waals surface area contributed by atoms with E-state index in [-0.39, 0.29) is 24.6 Å². The normalized spacial score (nSPS) is 12.5. The molecular weight excluding hydrogens is 222 g/mol. The Morgan fingerprint density at radius 2 is 2.35 bits per heavy atom. The molecule has 0 bridgehead atoms. The van der Waals surface area contributed by atoms with E-state index >= 15 is 0 Å². The molecule has 0 unspecified atom stereocenters. The van der Waals surface area contributed by atoms with E-state index in [4.69, 9.17) is 6.42 Å². The van der Waals surface area contributed by atoms with Crippen LogP contribution >= 0.6 is 0 Å². The number of carbonyl (C=O) groups excluding carboxylic acids is 1. The van der Waals surface area contributed by atoms with Crippen molar-refractivity contribution in [2.75, 3.05) is 17.2 Å². The quantitative estimate of drug-likeness (QED) is 0.464. The Morgan fingerprint density at radius 1 is 1.59 bits per heavy atom. The van der Waals surface area contributed by atoms with Crippen molar-refractivity contribution >= 4 is 23.0 Å². The third-order valence-electron chi connectivity index (χ3n) is 2.42. The predicted octanol–water partition coefficient (Wildman–Crippen LogP) is 1.13. The van der Waals surface area contributed by atoms with Gasteiger partial charge in [0.15, 0.2) is 0 Å². The fraction of sp³-hybridized carbons (Fsp3) is 0.182. The molecule has 0 atom stereocenters. The summed E-state index contributed by atoms with van der Waals surface area (Å²) in [5.74, 6) is 2.17. The molecule has 0 radical (unpaired) electrons. The van der Waals surface area contributed by atoms with Crippen molar-refractivity contribution in [3.63, 3.8) is 0 Å². The lowest BCUT2D eigenvalue weighted by Gasteiger charge is -2.06. The SMILES string of the molecule is C#CCNc1cc2c(cc1[N+](=O)[O-])CC(=O)N2. The second-order valence-corrected chi connectivity index (χ2v) is 3.57. The van der Waals surface area contributed by atoms with E-state index in [1.165, 1.54) is 12.1 Å². The number of nitrogens with zero attached hydrogens (tertiary/aromatic N) is 1. The van der Waals surface area contributed by atoms with Gasteiger partial charge in [0.25, 0.3) is 5.69 Å². The standard InChI is InChI=1S/C11H9N3O3/c1-2-3-12-9-6-8-7(5-11(15)13-8)4-10(9)14(16)17/h1,4,6,12H,3,5H2,(H,13,15). The van der Waals surface area contributed by atoms with Gasteiger partial charge in [-0.3, -0.25) is 14.9 Å². The Labute approximate surface area is 97.2 Å². The number of hydrogen-bond donors (Lipinski definition) is 2. The number of rotatable bonds is 3. The van der Waals surface area contributed by atoms with Gasteiger partial charge in [-0.05, 0) is 11.6 Å². The fourth-order valence-corrected chi connectivity index (χ4v) is 1.70. The van der Waals surface area contributed by atoms with Crippen molar-refractivity contribution < 1.29 is 9.72 Å². The summed E-state index contributed by atoms with van der Waals surface area (Å²) in [6.07, 6.45) is 5.26. The van der Waals surface area contributed by atoms with Gasteiger partial charge in [-0.2, -0.15) is 0 Å². The molecule has 86 valence electrons. The number of terminal acetylenes is 1. The van der Waals surface area contributed by atoms with E-state index in [2.05, 4.69) is 16.6 Å². The maximum Gasteiger partial charge on any atom is 0.292 e. The number of amides is 1. The van der Waals surface area contributed by atoms with Gasteiger partial charge in [0.2, 0.25) is 5.91 Å². The zero-order valence-corrected chi connectivity index (χ0v) is 8.82. The summed E-state index contributed by atoms with van der Waals surface area (Å²) in [7, 11) is 0. The maximum absolute atomic E-state index is 11.2. The van der Waals surface area contributed by atoms with E-state index in [9.17, 15) is 14.9 Å². The first kappa shape index (κ1) is 11.0. The van der Waals surface area contributed by atoms with Crippen LogP contribution < -0.4 is 10.6 Å². The Bertz CT molecular complexity index is 546. The van der Waals surface area contributed by atoms with Crippen LogP contribution in [0, 0.1) is 22.5 Å². The molecule has 1 amide bonds. The van der Waals surface area contributed by atoms with E-state index < -0.39 is 4.92 Å². The molecule has 0 aliphatic carbocycles. The summed E-state index contributed by atoms with van der Waals surface area (Å²) >= 11 is 0. The Morgan fingerprint density at radius 3 is 3.00 bits per heavy atom. The first-order valence-corrected chi connectivity index (χ1v) is 4.90. The highest BCUT2D eigenvalue weighted by molar-refractivity contribution is 6.00. The third-order valence-corrected chi connectivity index (χ3v) is 2.42. The minimum atomic E-state index is -0.498. The molecule has 0 fully saturated rings. The van der Waals surface area contributed by atoms with Crippen LogP contribution in [0.5, 0.6) is 0 Å². The van der Waals surface area contributed by atoms with Crippen molar-refractivity contribution in [1.82, 2.24) is 0 Å². The summed E-state index contributed by atoms with van der Waals surface area (Å²) in [5.41, 5.74) is 1.47. The van der Waals surface area contributed by atoms with Crippen LogP contribution in [0.1, 0.15) is 5.56 Å². The summed E-state index contributed by atoms with van der Waals surface area (Å²) in [6, 6.07) is 2.93. The molecule has 17 heavy (non-hydrogen) atoms. The fourth-order valence-electron chi connectivity index (χ4n) is 1.70. The Hall–Kier alpha value is -2.55. The number of carbonyl (C=O) groups is 1. The number of nitro benzene ring substituents is 1. The first-order valence-electron chi connectivity index (χ1n) is 4.90. The molecule has 6 heteroatoms. The van der Waals surface area contributed by atoms with Gasteiger partial charge in [-0.15, -0.1) is 6.42 Å². The molecule has 6 nitrogen and oxygen atoms in total. The van der Waals surface area contributed by atoms with Gasteiger partial charge in [-0.1, -0.05) is 5.92 Å². The molecule has 2 N–H and O–H groups in total. The molecule has 1 aliphatic heterocycles. The molecule has 1 aromatic carbocycles. The van der Waals surface area contributed by atoms with Gasteiger partial charge >= 0.3 is 0 Å². The lowest BCUT2D eigenvalue weighted by Crippen LogP contribution is -2.04. The maximum atomic E-state index is 11.2.